The maximum atomic E-state index is 11.2. The topological polar surface area (TPSA) is 425 Å². The fraction of sp³-hybridized carbons (Fsp3) is 0.652. The fourth-order valence-corrected chi connectivity index (χ4v) is 0.959. The second-order valence-electron chi connectivity index (χ2n) is 7.72. The number of ether oxygens (including phenoxy) is 1. The van der Waals surface area contributed by atoms with Gasteiger partial charge in [0.05, 0.1) is 5.34 Å². The molecule has 0 aromatic carbocycles. The number of aliphatic carboxylic acids is 6. The van der Waals surface area contributed by atoms with E-state index in [1.54, 1.807) is 0 Å². The summed E-state index contributed by atoms with van der Waals surface area (Å²) in [5, 5.41) is 45.3. The van der Waals surface area contributed by atoms with E-state index in [4.69, 9.17) is 86.4 Å². The molecular formula is C23H36Cl2F12N4O17Pt2. The van der Waals surface area contributed by atoms with E-state index in [1.807, 2.05) is 0 Å². The molecule has 0 atom stereocenters. The van der Waals surface area contributed by atoms with Crippen molar-refractivity contribution in [2.75, 3.05) is 31.5 Å². The Morgan fingerprint density at radius 3 is 0.600 bits per heavy atom. The quantitative estimate of drug-likeness (QED) is 0.0548. The van der Waals surface area contributed by atoms with E-state index < -0.39 is 85.3 Å². The van der Waals surface area contributed by atoms with Gasteiger partial charge in [0.1, 0.15) is 12.8 Å². The molecule has 368 valence electrons. The van der Waals surface area contributed by atoms with E-state index in [0.29, 0.717) is 26.2 Å². The van der Waals surface area contributed by atoms with Gasteiger partial charge in [-0.25, -0.2) is 19.2 Å². The summed E-state index contributed by atoms with van der Waals surface area (Å²) in [5.74, 6) is -17.2. The molecule has 0 radical (unpaired) electrons. The molecule has 0 rings (SSSR count). The summed E-state index contributed by atoms with van der Waals surface area (Å²) in [4.78, 5) is 74.8. The van der Waals surface area contributed by atoms with Crippen molar-refractivity contribution >= 4 is 71.0 Å². The first kappa shape index (κ1) is 88.1. The average molecular weight is 1330 g/mol. The third-order valence-electron chi connectivity index (χ3n) is 2.95. The van der Waals surface area contributed by atoms with Crippen LogP contribution < -0.4 is 0 Å². The van der Waals surface area contributed by atoms with Crippen LogP contribution in [0.15, 0.2) is 0 Å². The van der Waals surface area contributed by atoms with Crippen LogP contribution >= 0.6 is 23.2 Å². The number of unbranched alkanes of at least 4 members (excludes halogenated alkanes) is 2. The van der Waals surface area contributed by atoms with Crippen LogP contribution in [-0.4, -0.2) is 146 Å². The van der Waals surface area contributed by atoms with Crippen LogP contribution in [0, 0.1) is 0 Å². The second kappa shape index (κ2) is 52.0. The van der Waals surface area contributed by atoms with Crippen molar-refractivity contribution < 1.29 is 180 Å². The molecule has 0 aromatic rings. The zero-order valence-electron chi connectivity index (χ0n) is 29.1. The van der Waals surface area contributed by atoms with Gasteiger partial charge in [-0.1, -0.05) is 25.7 Å². The molecule has 0 bridgehead atoms. The predicted molar refractivity (Wildman–Crippen MR) is 169 cm³/mol. The Labute approximate surface area is 367 Å². The SMILES string of the molecule is ClCCl.O.O.O=C(O)C(F)(F)F.O=C(O)C(F)(F)F.O=C(O)CC(=O)O.O=C(O)CC(=O)O.O=C(OC(=O)C(F)(F)F)C(F)(F)F.[NH-]CCCC[NH-].[NH-]CCCC[NH-].[Pt+2].[Pt+2]. The Bertz CT molecular complexity index is 1020. The van der Waals surface area contributed by atoms with Gasteiger partial charge in [0.25, 0.3) is 0 Å². The van der Waals surface area contributed by atoms with E-state index in [-0.39, 0.29) is 58.4 Å². The minimum absolute atomic E-state index is 0. The van der Waals surface area contributed by atoms with Crippen LogP contribution in [0.2, 0.25) is 0 Å². The maximum Gasteiger partial charge on any atom is 2.00 e. The Hall–Kier alpha value is -3.16. The zero-order chi connectivity index (χ0) is 47.1. The number of carbonyl (C=O) groups is 8. The summed E-state index contributed by atoms with van der Waals surface area (Å²) in [5.41, 5.74) is 26.5. The smallest absolute Gasteiger partial charge is 0.677 e. The zero-order valence-corrected chi connectivity index (χ0v) is 35.1. The van der Waals surface area contributed by atoms with Crippen molar-refractivity contribution in [2.45, 2.75) is 63.2 Å². The molecule has 0 aliphatic heterocycles. The molecule has 0 aliphatic carbocycles. The van der Waals surface area contributed by atoms with Crippen molar-refractivity contribution in [3.05, 3.63) is 22.9 Å². The van der Waals surface area contributed by atoms with Crippen LogP contribution in [0.25, 0.3) is 22.9 Å². The number of alkyl halides is 14. The van der Waals surface area contributed by atoms with Gasteiger partial charge in [-0.2, -0.15) is 78.9 Å². The molecule has 37 heteroatoms. The summed E-state index contributed by atoms with van der Waals surface area (Å²) >= 11 is 9.53. The molecule has 0 saturated heterocycles. The Kier molecular flexibility index (Phi) is 76.4. The Balaban J connectivity index is -0.0000000446. The molecule has 0 heterocycles. The Morgan fingerprint density at radius 2 is 0.550 bits per heavy atom. The van der Waals surface area contributed by atoms with Gasteiger partial charge in [0, 0.05) is 0 Å². The van der Waals surface area contributed by atoms with Gasteiger partial charge >= 0.3 is 115 Å². The molecule has 0 amide bonds. The van der Waals surface area contributed by atoms with Gasteiger partial charge in [0.15, 0.2) is 0 Å². The van der Waals surface area contributed by atoms with Gasteiger partial charge in [0.2, 0.25) is 0 Å². The average Bonchev–Trinajstić information content (AvgIpc) is 2.98. The first-order valence-corrected chi connectivity index (χ1v) is 14.1. The van der Waals surface area contributed by atoms with Gasteiger partial charge in [-0.3, -0.25) is 19.2 Å². The summed E-state index contributed by atoms with van der Waals surface area (Å²) in [7, 11) is 0. The van der Waals surface area contributed by atoms with E-state index in [0.717, 1.165) is 25.7 Å². The number of carboxylic acids is 6. The first-order chi connectivity index (χ1) is 24.9. The molecule has 0 unspecified atom stereocenters. The van der Waals surface area contributed by atoms with Gasteiger partial charge in [-0.15, -0.1) is 23.2 Å². The largest absolute Gasteiger partial charge is 2.00 e. The fourth-order valence-electron chi connectivity index (χ4n) is 0.959. The van der Waals surface area contributed by atoms with E-state index in [2.05, 4.69) is 4.74 Å². The van der Waals surface area contributed by atoms with Crippen molar-refractivity contribution in [3.8, 4) is 0 Å². The van der Waals surface area contributed by atoms with Crippen LogP contribution in [0.1, 0.15) is 38.5 Å². The number of nitrogens with one attached hydrogen (secondary N) is 4. The number of hydrogen-bond donors (Lipinski definition) is 6. The van der Waals surface area contributed by atoms with Gasteiger partial charge < -0.3 is 69.3 Å². The van der Waals surface area contributed by atoms with Crippen LogP contribution in [0.4, 0.5) is 52.7 Å². The van der Waals surface area contributed by atoms with Crippen LogP contribution in [0.5, 0.6) is 0 Å². The molecule has 0 aromatic heterocycles. The number of halogens is 14. The minimum Gasteiger partial charge on any atom is -0.677 e. The minimum atomic E-state index is -5.62. The molecule has 21 nitrogen and oxygen atoms in total. The number of rotatable bonds is 10. The third kappa shape index (κ3) is 105. The summed E-state index contributed by atoms with van der Waals surface area (Å²) in [6, 6.07) is 0. The van der Waals surface area contributed by atoms with E-state index >= 15 is 0 Å². The number of hydrogen-bond acceptors (Lipinski definition) is 9. The van der Waals surface area contributed by atoms with E-state index in [1.165, 1.54) is 0 Å². The first-order valence-electron chi connectivity index (χ1n) is 13.0. The molecule has 0 spiro atoms. The third-order valence-corrected chi connectivity index (χ3v) is 2.95. The van der Waals surface area contributed by atoms with Crippen LogP contribution in [0.3, 0.4) is 0 Å². The molecule has 0 saturated carbocycles. The summed E-state index contributed by atoms with van der Waals surface area (Å²) < 4.78 is 133. The normalized spacial score (nSPS) is 9.30. The van der Waals surface area contributed by atoms with Crippen molar-refractivity contribution in [1.29, 1.82) is 0 Å². The van der Waals surface area contributed by atoms with Gasteiger partial charge in [-0.05, 0) is 0 Å². The molecule has 0 fully saturated rings. The Morgan fingerprint density at radius 1 is 0.417 bits per heavy atom. The van der Waals surface area contributed by atoms with Crippen molar-refractivity contribution in [2.24, 2.45) is 0 Å². The number of carboxylic acid groups (broad SMARTS) is 6. The van der Waals surface area contributed by atoms with E-state index in [9.17, 15) is 81.5 Å². The number of carbonyl (C=O) groups excluding carboxylic acids is 2. The molecule has 60 heavy (non-hydrogen) atoms. The monoisotopic (exact) mass is 1330 g/mol. The van der Waals surface area contributed by atoms with Crippen molar-refractivity contribution in [1.82, 2.24) is 0 Å². The maximum absolute atomic E-state index is 11.2. The summed E-state index contributed by atoms with van der Waals surface area (Å²) in [6.45, 7) is 1.94. The molecular weight excluding hydrogens is 1290 g/mol. The standard InChI is InChI=1S/C4F6O3.2C4H10N2.2C3H4O4.2C2HF3O2.CH2Cl2.2H2O.2Pt/c5-3(6,7)1(11)13-2(12)4(8,9)10;2*5-3-1-2-4-6;2*4-2(5)1-3(6)7;2*3-2(4,5)1(6)7;2-1-3;;;;/h;2*5-6H,1-4H2;2*1H2,(H,4,5)(H,6,7);2*(H,6,7);1H2;2*1H2;;/q;2*-2;;;;;;;;2*+2. The number of esters is 2. The predicted octanol–water partition coefficient (Wildman–Crippen LogP) is 5.05. The van der Waals surface area contributed by atoms with Crippen molar-refractivity contribution in [3.63, 3.8) is 0 Å². The van der Waals surface area contributed by atoms with Crippen LogP contribution in [-0.2, 0) is 85.2 Å². The molecule has 14 N–H and O–H groups in total. The second-order valence-corrected chi connectivity index (χ2v) is 8.53. The molecule has 0 aliphatic rings. The summed E-state index contributed by atoms with van der Waals surface area (Å²) in [6.07, 6.45) is -19.5.